The van der Waals surface area contributed by atoms with Crippen LogP contribution in [0.1, 0.15) is 44.4 Å². The summed E-state index contributed by atoms with van der Waals surface area (Å²) in [6, 6.07) is -1.72. The lowest BCUT2D eigenvalue weighted by Gasteiger charge is -2.28. The van der Waals surface area contributed by atoms with Crippen molar-refractivity contribution in [1.29, 1.82) is 0 Å². The Balaban J connectivity index is 2.65. The second-order valence-electron chi connectivity index (χ2n) is 5.80. The standard InChI is InChI=1S/C13H21N3O3S/c1-7-6-20-10(14-7)8(2)15-12(19)16-9(11(17)18)13(3,4)5/h6,8-9H,1-5H3,(H,17,18)(H2,15,16,19). The van der Waals surface area contributed by atoms with E-state index in [1.54, 1.807) is 20.8 Å². The number of urea groups is 1. The van der Waals surface area contributed by atoms with E-state index >= 15 is 0 Å². The topological polar surface area (TPSA) is 91.3 Å². The Morgan fingerprint density at radius 3 is 2.35 bits per heavy atom. The van der Waals surface area contributed by atoms with Crippen LogP contribution in [0.2, 0.25) is 0 Å². The van der Waals surface area contributed by atoms with Gasteiger partial charge in [0.1, 0.15) is 11.0 Å². The number of carboxylic acid groups (broad SMARTS) is 1. The zero-order valence-corrected chi connectivity index (χ0v) is 13.2. The number of carbonyl (C=O) groups is 2. The molecule has 0 saturated heterocycles. The smallest absolute Gasteiger partial charge is 0.326 e. The molecule has 1 aromatic heterocycles. The number of hydrogen-bond acceptors (Lipinski definition) is 4. The van der Waals surface area contributed by atoms with E-state index in [-0.39, 0.29) is 6.04 Å². The molecule has 2 atom stereocenters. The predicted octanol–water partition coefficient (Wildman–Crippen LogP) is 2.31. The number of aromatic nitrogens is 1. The molecule has 3 N–H and O–H groups in total. The van der Waals surface area contributed by atoms with Gasteiger partial charge in [0.15, 0.2) is 0 Å². The van der Waals surface area contributed by atoms with Crippen molar-refractivity contribution < 1.29 is 14.7 Å². The Morgan fingerprint density at radius 2 is 1.95 bits per heavy atom. The Morgan fingerprint density at radius 1 is 1.35 bits per heavy atom. The lowest BCUT2D eigenvalue weighted by Crippen LogP contribution is -2.52. The molecule has 1 rings (SSSR count). The van der Waals surface area contributed by atoms with Gasteiger partial charge in [0.2, 0.25) is 0 Å². The normalized spacial score (nSPS) is 14.4. The highest BCUT2D eigenvalue weighted by Gasteiger charge is 2.32. The van der Waals surface area contributed by atoms with E-state index in [0.717, 1.165) is 10.7 Å². The van der Waals surface area contributed by atoms with Crippen molar-refractivity contribution in [3.63, 3.8) is 0 Å². The van der Waals surface area contributed by atoms with Crippen LogP contribution >= 0.6 is 11.3 Å². The summed E-state index contributed by atoms with van der Waals surface area (Å²) in [6.45, 7) is 8.98. The summed E-state index contributed by atoms with van der Waals surface area (Å²) in [6.07, 6.45) is 0. The number of nitrogens with zero attached hydrogens (tertiary/aromatic N) is 1. The maximum Gasteiger partial charge on any atom is 0.326 e. The SMILES string of the molecule is Cc1csc(C(C)NC(=O)NC(C(=O)O)C(C)(C)C)n1. The van der Waals surface area contributed by atoms with Gasteiger partial charge in [-0.1, -0.05) is 20.8 Å². The molecule has 112 valence electrons. The number of amides is 2. The molecular weight excluding hydrogens is 278 g/mol. The summed E-state index contributed by atoms with van der Waals surface area (Å²) < 4.78 is 0. The van der Waals surface area contributed by atoms with Gasteiger partial charge in [-0.05, 0) is 19.3 Å². The van der Waals surface area contributed by atoms with Gasteiger partial charge in [0, 0.05) is 11.1 Å². The molecule has 0 aliphatic rings. The van der Waals surface area contributed by atoms with E-state index in [4.69, 9.17) is 5.11 Å². The van der Waals surface area contributed by atoms with Crippen molar-refractivity contribution in [2.75, 3.05) is 0 Å². The molecule has 1 aromatic rings. The second-order valence-corrected chi connectivity index (χ2v) is 6.69. The minimum absolute atomic E-state index is 0.261. The third kappa shape index (κ3) is 4.48. The van der Waals surface area contributed by atoms with Gasteiger partial charge < -0.3 is 15.7 Å². The summed E-state index contributed by atoms with van der Waals surface area (Å²) >= 11 is 1.46. The van der Waals surface area contributed by atoms with E-state index in [0.29, 0.717) is 0 Å². The number of nitrogens with one attached hydrogen (secondary N) is 2. The molecule has 6 nitrogen and oxygen atoms in total. The fraction of sp³-hybridized carbons (Fsp3) is 0.615. The van der Waals surface area contributed by atoms with Crippen molar-refractivity contribution >= 4 is 23.3 Å². The lowest BCUT2D eigenvalue weighted by molar-refractivity contribution is -0.141. The van der Waals surface area contributed by atoms with E-state index < -0.39 is 23.5 Å². The molecule has 0 bridgehead atoms. The average molecular weight is 299 g/mol. The minimum atomic E-state index is -1.05. The molecule has 2 amide bonds. The van der Waals surface area contributed by atoms with Crippen LogP contribution in [0.25, 0.3) is 0 Å². The number of rotatable bonds is 4. The highest BCUT2D eigenvalue weighted by molar-refractivity contribution is 7.09. The van der Waals surface area contributed by atoms with Crippen molar-refractivity contribution in [1.82, 2.24) is 15.6 Å². The first kappa shape index (κ1) is 16.4. The number of carbonyl (C=O) groups excluding carboxylic acids is 1. The van der Waals surface area contributed by atoms with Crippen LogP contribution in [0, 0.1) is 12.3 Å². The van der Waals surface area contributed by atoms with Crippen molar-refractivity contribution in [2.24, 2.45) is 5.41 Å². The van der Waals surface area contributed by atoms with Crippen LogP contribution in [0.15, 0.2) is 5.38 Å². The molecule has 7 heteroatoms. The zero-order chi connectivity index (χ0) is 15.5. The largest absolute Gasteiger partial charge is 0.480 e. The van der Waals surface area contributed by atoms with Crippen molar-refractivity contribution in [3.05, 3.63) is 16.1 Å². The number of hydrogen-bond donors (Lipinski definition) is 3. The molecule has 0 fully saturated rings. The molecule has 20 heavy (non-hydrogen) atoms. The molecule has 2 unspecified atom stereocenters. The lowest BCUT2D eigenvalue weighted by atomic mass is 9.87. The second kappa shape index (κ2) is 6.21. The molecule has 0 spiro atoms. The number of aryl methyl sites for hydroxylation is 1. The third-order valence-electron chi connectivity index (χ3n) is 2.74. The maximum atomic E-state index is 11.9. The summed E-state index contributed by atoms with van der Waals surface area (Å²) in [5.41, 5.74) is 0.335. The van der Waals surface area contributed by atoms with Crippen LogP contribution < -0.4 is 10.6 Å². The van der Waals surface area contributed by atoms with Crippen molar-refractivity contribution in [3.8, 4) is 0 Å². The first-order chi connectivity index (χ1) is 9.11. The van der Waals surface area contributed by atoms with Gasteiger partial charge in [-0.2, -0.15) is 0 Å². The van der Waals surface area contributed by atoms with Gasteiger partial charge >= 0.3 is 12.0 Å². The summed E-state index contributed by atoms with van der Waals surface area (Å²) in [5.74, 6) is -1.05. The minimum Gasteiger partial charge on any atom is -0.480 e. The predicted molar refractivity (Wildman–Crippen MR) is 77.8 cm³/mol. The van der Waals surface area contributed by atoms with Gasteiger partial charge in [-0.15, -0.1) is 11.3 Å². The van der Waals surface area contributed by atoms with Crippen LogP contribution in [-0.4, -0.2) is 28.1 Å². The Hall–Kier alpha value is -1.63. The summed E-state index contributed by atoms with van der Waals surface area (Å²) in [7, 11) is 0. The Labute approximate surface area is 122 Å². The van der Waals surface area contributed by atoms with E-state index in [2.05, 4.69) is 15.6 Å². The van der Waals surface area contributed by atoms with Gasteiger partial charge in [-0.25, -0.2) is 14.6 Å². The van der Waals surface area contributed by atoms with E-state index in [9.17, 15) is 9.59 Å². The fourth-order valence-corrected chi connectivity index (χ4v) is 2.45. The van der Waals surface area contributed by atoms with Crippen LogP contribution in [0.3, 0.4) is 0 Å². The van der Waals surface area contributed by atoms with E-state index in [1.807, 2.05) is 19.2 Å². The molecule has 0 aliphatic carbocycles. The number of aliphatic carboxylic acids is 1. The molecule has 0 aromatic carbocycles. The Bertz CT molecular complexity index is 493. The number of carboxylic acids is 1. The summed E-state index contributed by atoms with van der Waals surface area (Å²) in [4.78, 5) is 27.4. The first-order valence-corrected chi connectivity index (χ1v) is 7.21. The maximum absolute atomic E-state index is 11.9. The van der Waals surface area contributed by atoms with Gasteiger partial charge in [0.25, 0.3) is 0 Å². The van der Waals surface area contributed by atoms with Gasteiger partial charge in [-0.3, -0.25) is 0 Å². The van der Waals surface area contributed by atoms with Crippen LogP contribution in [-0.2, 0) is 4.79 Å². The Kier molecular flexibility index (Phi) is 5.10. The molecule has 0 saturated carbocycles. The van der Waals surface area contributed by atoms with Crippen LogP contribution in [0.4, 0.5) is 4.79 Å². The average Bonchev–Trinajstić information content (AvgIpc) is 2.70. The first-order valence-electron chi connectivity index (χ1n) is 6.33. The third-order valence-corrected chi connectivity index (χ3v) is 3.89. The summed E-state index contributed by atoms with van der Waals surface area (Å²) in [5, 5.41) is 17.0. The monoisotopic (exact) mass is 299 g/mol. The fourth-order valence-electron chi connectivity index (χ4n) is 1.65. The van der Waals surface area contributed by atoms with E-state index in [1.165, 1.54) is 11.3 Å². The molecular formula is C13H21N3O3S. The van der Waals surface area contributed by atoms with Crippen LogP contribution in [0.5, 0.6) is 0 Å². The number of thiazole rings is 1. The molecule has 1 heterocycles. The highest BCUT2D eigenvalue weighted by Crippen LogP contribution is 2.20. The molecule has 0 aliphatic heterocycles. The quantitative estimate of drug-likeness (QED) is 0.795. The highest BCUT2D eigenvalue weighted by atomic mass is 32.1. The van der Waals surface area contributed by atoms with Gasteiger partial charge in [0.05, 0.1) is 6.04 Å². The molecule has 0 radical (unpaired) electrons. The zero-order valence-electron chi connectivity index (χ0n) is 12.4. The van der Waals surface area contributed by atoms with Crippen molar-refractivity contribution in [2.45, 2.75) is 46.7 Å².